The summed E-state index contributed by atoms with van der Waals surface area (Å²) in [5.41, 5.74) is 3.60. The van der Waals surface area contributed by atoms with E-state index in [4.69, 9.17) is 0 Å². The van der Waals surface area contributed by atoms with E-state index in [2.05, 4.69) is 31.5 Å². The third kappa shape index (κ3) is 1.21. The molecule has 3 atom stereocenters. The zero-order valence-corrected chi connectivity index (χ0v) is 10.2. The lowest BCUT2D eigenvalue weighted by Gasteiger charge is -2.42. The quantitative estimate of drug-likeness (QED) is 0.557. The number of fused-ring (bicyclic) bond motifs is 3. The summed E-state index contributed by atoms with van der Waals surface area (Å²) < 4.78 is 0. The Bertz CT molecular complexity index is 347. The van der Waals surface area contributed by atoms with Gasteiger partial charge in [-0.3, -0.25) is 0 Å². The number of nitrogens with one attached hydrogen (secondary N) is 2. The van der Waals surface area contributed by atoms with Crippen molar-refractivity contribution in [3.05, 3.63) is 11.8 Å². The van der Waals surface area contributed by atoms with Gasteiger partial charge in [0.25, 0.3) is 0 Å². The van der Waals surface area contributed by atoms with Gasteiger partial charge in [-0.05, 0) is 38.8 Å². The molecule has 2 heterocycles. The Hall–Kier alpha value is -0.580. The van der Waals surface area contributed by atoms with Gasteiger partial charge >= 0.3 is 0 Å². The smallest absolute Gasteiger partial charge is 0.159 e. The first-order valence-electron chi connectivity index (χ1n) is 6.13. The first-order chi connectivity index (χ1) is 7.43. The second-order valence-corrected chi connectivity index (χ2v) is 6.28. The van der Waals surface area contributed by atoms with Crippen LogP contribution in [-0.2, 0) is 0 Å². The van der Waals surface area contributed by atoms with Gasteiger partial charge in [-0.15, -0.1) is 0 Å². The predicted octanol–water partition coefficient (Wildman–Crippen LogP) is 0.417. The van der Waals surface area contributed by atoms with Crippen molar-refractivity contribution in [2.45, 2.75) is 38.5 Å². The average Bonchev–Trinajstić information content (AvgIpc) is 2.70. The zero-order valence-electron chi connectivity index (χ0n) is 10.2. The molecule has 0 spiro atoms. The Morgan fingerprint density at radius 1 is 1.44 bits per heavy atom. The van der Waals surface area contributed by atoms with Crippen molar-refractivity contribution in [1.29, 1.82) is 0 Å². The molecule has 4 nitrogen and oxygen atoms in total. The SMILES string of the molecule is CC(C)(C)N1NC=C2C3CNCC3CC21O. The number of hydrogen-bond donors (Lipinski definition) is 3. The van der Waals surface area contributed by atoms with Crippen LogP contribution in [0.5, 0.6) is 0 Å². The molecule has 2 aliphatic heterocycles. The monoisotopic (exact) mass is 223 g/mol. The van der Waals surface area contributed by atoms with Gasteiger partial charge < -0.3 is 15.8 Å². The summed E-state index contributed by atoms with van der Waals surface area (Å²) in [7, 11) is 0. The van der Waals surface area contributed by atoms with E-state index in [0.717, 1.165) is 19.5 Å². The first-order valence-corrected chi connectivity index (χ1v) is 6.13. The highest BCUT2D eigenvalue weighted by Crippen LogP contribution is 2.50. The van der Waals surface area contributed by atoms with Gasteiger partial charge in [0, 0.05) is 30.6 Å². The zero-order chi connectivity index (χ0) is 11.6. The third-order valence-corrected chi connectivity index (χ3v) is 4.14. The van der Waals surface area contributed by atoms with Crippen LogP contribution in [0, 0.1) is 11.8 Å². The summed E-state index contributed by atoms with van der Waals surface area (Å²) in [6.45, 7) is 8.43. The molecule has 1 aliphatic carbocycles. The van der Waals surface area contributed by atoms with Crippen LogP contribution in [0.2, 0.25) is 0 Å². The van der Waals surface area contributed by atoms with Gasteiger partial charge in [0.2, 0.25) is 0 Å². The Labute approximate surface area is 96.7 Å². The molecular formula is C12H21N3O. The molecule has 0 bridgehead atoms. The Morgan fingerprint density at radius 3 is 2.88 bits per heavy atom. The van der Waals surface area contributed by atoms with Crippen LogP contribution >= 0.6 is 0 Å². The van der Waals surface area contributed by atoms with Crippen LogP contribution < -0.4 is 10.7 Å². The topological polar surface area (TPSA) is 47.5 Å². The summed E-state index contributed by atoms with van der Waals surface area (Å²) >= 11 is 0. The van der Waals surface area contributed by atoms with Crippen LogP contribution in [-0.4, -0.2) is 34.5 Å². The van der Waals surface area contributed by atoms with Gasteiger partial charge in [-0.2, -0.15) is 5.01 Å². The molecule has 90 valence electrons. The minimum Gasteiger partial charge on any atom is -0.370 e. The van der Waals surface area contributed by atoms with Crippen molar-refractivity contribution in [1.82, 2.24) is 15.8 Å². The third-order valence-electron chi connectivity index (χ3n) is 4.14. The van der Waals surface area contributed by atoms with E-state index in [0.29, 0.717) is 11.8 Å². The minimum atomic E-state index is -0.754. The lowest BCUT2D eigenvalue weighted by Crippen LogP contribution is -2.58. The maximum Gasteiger partial charge on any atom is 0.159 e. The fraction of sp³-hybridized carbons (Fsp3) is 0.833. The molecule has 3 rings (SSSR count). The van der Waals surface area contributed by atoms with Crippen LogP contribution in [0.15, 0.2) is 11.8 Å². The standard InChI is InChI=1S/C12H21N3O/c1-11(2,3)15-12(16)4-8-5-13-6-9(8)10(12)7-14-15/h7-9,13-14,16H,4-6H2,1-3H3. The van der Waals surface area contributed by atoms with Crippen molar-refractivity contribution in [2.75, 3.05) is 13.1 Å². The molecule has 0 amide bonds. The highest BCUT2D eigenvalue weighted by Gasteiger charge is 2.58. The normalized spacial score (nSPS) is 42.9. The number of hydrazine groups is 1. The van der Waals surface area contributed by atoms with Crippen molar-refractivity contribution in [3.63, 3.8) is 0 Å². The molecule has 3 aliphatic rings. The number of nitrogens with zero attached hydrogens (tertiary/aromatic N) is 1. The molecule has 4 heteroatoms. The molecule has 3 N–H and O–H groups in total. The van der Waals surface area contributed by atoms with Gasteiger partial charge in [-0.1, -0.05) is 0 Å². The number of hydrogen-bond acceptors (Lipinski definition) is 4. The second kappa shape index (κ2) is 3.00. The van der Waals surface area contributed by atoms with Crippen LogP contribution in [0.4, 0.5) is 0 Å². The first kappa shape index (κ1) is 10.6. The second-order valence-electron chi connectivity index (χ2n) is 6.28. The van der Waals surface area contributed by atoms with Gasteiger partial charge in [0.1, 0.15) is 0 Å². The lowest BCUT2D eigenvalue weighted by molar-refractivity contribution is -0.128. The molecule has 0 aromatic carbocycles. The molecule has 3 unspecified atom stereocenters. The van der Waals surface area contributed by atoms with Crippen molar-refractivity contribution >= 4 is 0 Å². The number of aliphatic hydroxyl groups is 1. The molecule has 1 saturated heterocycles. The van der Waals surface area contributed by atoms with E-state index in [1.54, 1.807) is 0 Å². The van der Waals surface area contributed by atoms with Crippen LogP contribution in [0.25, 0.3) is 0 Å². The van der Waals surface area contributed by atoms with E-state index in [1.165, 1.54) is 5.57 Å². The van der Waals surface area contributed by atoms with Crippen molar-refractivity contribution in [3.8, 4) is 0 Å². The van der Waals surface area contributed by atoms with Gasteiger partial charge in [0.05, 0.1) is 0 Å². The molecular weight excluding hydrogens is 202 g/mol. The van der Waals surface area contributed by atoms with E-state index in [9.17, 15) is 5.11 Å². The van der Waals surface area contributed by atoms with E-state index >= 15 is 0 Å². The molecule has 0 aromatic heterocycles. The minimum absolute atomic E-state index is 0.0704. The average molecular weight is 223 g/mol. The molecule has 1 saturated carbocycles. The molecule has 0 aromatic rings. The predicted molar refractivity (Wildman–Crippen MR) is 62.2 cm³/mol. The largest absolute Gasteiger partial charge is 0.370 e. The number of rotatable bonds is 0. The molecule has 2 fully saturated rings. The summed E-state index contributed by atoms with van der Waals surface area (Å²) in [6.07, 6.45) is 2.86. The maximum atomic E-state index is 10.9. The maximum absolute atomic E-state index is 10.9. The summed E-state index contributed by atoms with van der Waals surface area (Å²) in [5, 5.41) is 16.3. The summed E-state index contributed by atoms with van der Waals surface area (Å²) in [5.74, 6) is 1.12. The summed E-state index contributed by atoms with van der Waals surface area (Å²) in [6, 6.07) is 0. The van der Waals surface area contributed by atoms with Crippen molar-refractivity contribution < 1.29 is 5.11 Å². The van der Waals surface area contributed by atoms with Crippen LogP contribution in [0.3, 0.4) is 0 Å². The Kier molecular flexibility index (Phi) is 1.98. The fourth-order valence-corrected chi connectivity index (χ4v) is 3.52. The fourth-order valence-electron chi connectivity index (χ4n) is 3.52. The van der Waals surface area contributed by atoms with E-state index < -0.39 is 5.72 Å². The Balaban J connectivity index is 1.94. The van der Waals surface area contributed by atoms with Gasteiger partial charge in [0.15, 0.2) is 5.72 Å². The summed E-state index contributed by atoms with van der Waals surface area (Å²) in [4.78, 5) is 0. The lowest BCUT2D eigenvalue weighted by atomic mass is 9.97. The van der Waals surface area contributed by atoms with Crippen LogP contribution in [0.1, 0.15) is 27.2 Å². The highest BCUT2D eigenvalue weighted by molar-refractivity contribution is 5.31. The molecule has 16 heavy (non-hydrogen) atoms. The van der Waals surface area contributed by atoms with E-state index in [-0.39, 0.29) is 5.54 Å². The Morgan fingerprint density at radius 2 is 2.19 bits per heavy atom. The van der Waals surface area contributed by atoms with Gasteiger partial charge in [-0.25, -0.2) is 0 Å². The van der Waals surface area contributed by atoms with Crippen molar-refractivity contribution in [2.24, 2.45) is 11.8 Å². The molecule has 0 radical (unpaired) electrons. The highest BCUT2D eigenvalue weighted by atomic mass is 16.3. The van der Waals surface area contributed by atoms with E-state index in [1.807, 2.05) is 11.2 Å².